The lowest BCUT2D eigenvalue weighted by Gasteiger charge is -2.21. The molecular weight excluding hydrogens is 212 g/mol. The normalized spacial score (nSPS) is 11.4. The van der Waals surface area contributed by atoms with Gasteiger partial charge in [-0.3, -0.25) is 4.90 Å². The smallest absolute Gasteiger partial charge is 0.0597 e. The Kier molecular flexibility index (Phi) is 6.01. The highest BCUT2D eigenvalue weighted by Gasteiger charge is 2.04. The molecule has 1 aromatic rings. The van der Waals surface area contributed by atoms with Crippen molar-refractivity contribution in [1.82, 2.24) is 4.90 Å². The van der Waals surface area contributed by atoms with Crippen molar-refractivity contribution in [3.8, 4) is 0 Å². The summed E-state index contributed by atoms with van der Waals surface area (Å²) in [6, 6.07) is 8.07. The number of ether oxygens (including phenoxy) is 1. The molecule has 1 rings (SSSR count). The van der Waals surface area contributed by atoms with Crippen molar-refractivity contribution < 1.29 is 4.74 Å². The van der Waals surface area contributed by atoms with E-state index in [1.165, 1.54) is 5.56 Å². The van der Waals surface area contributed by atoms with Crippen molar-refractivity contribution in [2.75, 3.05) is 25.4 Å². The fourth-order valence-electron chi connectivity index (χ4n) is 1.65. The van der Waals surface area contributed by atoms with Gasteiger partial charge in [0.2, 0.25) is 0 Å². The van der Waals surface area contributed by atoms with E-state index in [9.17, 15) is 0 Å². The standard InChI is InChI=1S/C14H24N2O/c1-4-16(9-10-17-12(2)3)11-13-5-7-14(15)8-6-13/h5-8,12H,4,9-11,15H2,1-3H3. The molecule has 0 aliphatic rings. The molecule has 0 aliphatic heterocycles. The summed E-state index contributed by atoms with van der Waals surface area (Å²) in [7, 11) is 0. The van der Waals surface area contributed by atoms with E-state index in [1.54, 1.807) is 0 Å². The molecule has 0 amide bonds. The molecule has 2 N–H and O–H groups in total. The average molecular weight is 236 g/mol. The molecular formula is C14H24N2O. The monoisotopic (exact) mass is 236 g/mol. The van der Waals surface area contributed by atoms with E-state index >= 15 is 0 Å². The Hall–Kier alpha value is -1.06. The number of anilines is 1. The highest BCUT2D eigenvalue weighted by Crippen LogP contribution is 2.08. The van der Waals surface area contributed by atoms with Crippen LogP contribution in [0.4, 0.5) is 5.69 Å². The van der Waals surface area contributed by atoms with Gasteiger partial charge in [-0.1, -0.05) is 19.1 Å². The van der Waals surface area contributed by atoms with Gasteiger partial charge in [0, 0.05) is 18.8 Å². The van der Waals surface area contributed by atoms with Gasteiger partial charge in [0.05, 0.1) is 12.7 Å². The van der Waals surface area contributed by atoms with Crippen LogP contribution in [0.5, 0.6) is 0 Å². The van der Waals surface area contributed by atoms with Crippen molar-refractivity contribution in [2.45, 2.75) is 33.4 Å². The molecule has 0 bridgehead atoms. The highest BCUT2D eigenvalue weighted by molar-refractivity contribution is 5.39. The fourth-order valence-corrected chi connectivity index (χ4v) is 1.65. The fraction of sp³-hybridized carbons (Fsp3) is 0.571. The highest BCUT2D eigenvalue weighted by atomic mass is 16.5. The third-order valence-electron chi connectivity index (χ3n) is 2.69. The molecule has 0 atom stereocenters. The topological polar surface area (TPSA) is 38.5 Å². The minimum absolute atomic E-state index is 0.310. The predicted octanol–water partition coefficient (Wildman–Crippen LogP) is 2.52. The van der Waals surface area contributed by atoms with Crippen molar-refractivity contribution in [3.05, 3.63) is 29.8 Å². The lowest BCUT2D eigenvalue weighted by atomic mass is 10.2. The van der Waals surface area contributed by atoms with Crippen LogP contribution in [0.25, 0.3) is 0 Å². The number of nitrogens with zero attached hydrogens (tertiary/aromatic N) is 1. The van der Waals surface area contributed by atoms with Crippen LogP contribution in [0.1, 0.15) is 26.3 Å². The second kappa shape index (κ2) is 7.30. The maximum Gasteiger partial charge on any atom is 0.0597 e. The zero-order valence-electron chi connectivity index (χ0n) is 11.1. The minimum Gasteiger partial charge on any atom is -0.399 e. The van der Waals surface area contributed by atoms with Crippen molar-refractivity contribution >= 4 is 5.69 Å². The molecule has 96 valence electrons. The quantitative estimate of drug-likeness (QED) is 0.739. The van der Waals surface area contributed by atoms with Crippen LogP contribution in [0.15, 0.2) is 24.3 Å². The number of likely N-dealkylation sites (N-methyl/N-ethyl adjacent to an activating group) is 1. The lowest BCUT2D eigenvalue weighted by Crippen LogP contribution is -2.27. The molecule has 0 radical (unpaired) electrons. The van der Waals surface area contributed by atoms with E-state index in [-0.39, 0.29) is 0 Å². The van der Waals surface area contributed by atoms with Gasteiger partial charge in [-0.25, -0.2) is 0 Å². The number of nitrogen functional groups attached to an aromatic ring is 1. The number of nitrogens with two attached hydrogens (primary N) is 1. The van der Waals surface area contributed by atoms with E-state index in [0.717, 1.165) is 31.9 Å². The molecule has 0 saturated heterocycles. The first-order chi connectivity index (χ1) is 8.11. The summed E-state index contributed by atoms with van der Waals surface area (Å²) in [5.74, 6) is 0. The number of rotatable bonds is 7. The minimum atomic E-state index is 0.310. The molecule has 0 fully saturated rings. The number of hydrogen-bond donors (Lipinski definition) is 1. The van der Waals surface area contributed by atoms with Gasteiger partial charge in [0.1, 0.15) is 0 Å². The van der Waals surface area contributed by atoms with Crippen LogP contribution >= 0.6 is 0 Å². The van der Waals surface area contributed by atoms with E-state index < -0.39 is 0 Å². The van der Waals surface area contributed by atoms with Gasteiger partial charge in [-0.2, -0.15) is 0 Å². The number of hydrogen-bond acceptors (Lipinski definition) is 3. The maximum absolute atomic E-state index is 5.67. The molecule has 17 heavy (non-hydrogen) atoms. The molecule has 1 aromatic carbocycles. The molecule has 0 spiro atoms. The molecule has 3 nitrogen and oxygen atoms in total. The van der Waals surface area contributed by atoms with Gasteiger partial charge in [-0.05, 0) is 38.1 Å². The zero-order valence-corrected chi connectivity index (χ0v) is 11.1. The van der Waals surface area contributed by atoms with Gasteiger partial charge in [0.15, 0.2) is 0 Å². The van der Waals surface area contributed by atoms with Crippen LogP contribution in [0, 0.1) is 0 Å². The van der Waals surface area contributed by atoms with E-state index in [2.05, 4.69) is 37.8 Å². The Bertz CT molecular complexity index is 309. The molecule has 0 saturated carbocycles. The Labute approximate surface area is 105 Å². The second-order valence-electron chi connectivity index (χ2n) is 4.53. The van der Waals surface area contributed by atoms with Gasteiger partial charge < -0.3 is 10.5 Å². The van der Waals surface area contributed by atoms with Crippen molar-refractivity contribution in [2.24, 2.45) is 0 Å². The van der Waals surface area contributed by atoms with Crippen LogP contribution < -0.4 is 5.73 Å². The Balaban J connectivity index is 2.38. The first-order valence-electron chi connectivity index (χ1n) is 6.30. The van der Waals surface area contributed by atoms with Crippen LogP contribution in [-0.2, 0) is 11.3 Å². The van der Waals surface area contributed by atoms with Gasteiger partial charge in [-0.15, -0.1) is 0 Å². The summed E-state index contributed by atoms with van der Waals surface area (Å²) in [5, 5.41) is 0. The largest absolute Gasteiger partial charge is 0.399 e. The summed E-state index contributed by atoms with van der Waals surface area (Å²) in [5.41, 5.74) is 7.79. The predicted molar refractivity (Wildman–Crippen MR) is 72.9 cm³/mol. The lowest BCUT2D eigenvalue weighted by molar-refractivity contribution is 0.0585. The molecule has 0 aliphatic carbocycles. The summed E-state index contributed by atoms with van der Waals surface area (Å²) in [6.45, 7) is 10.1. The van der Waals surface area contributed by atoms with Gasteiger partial charge in [0.25, 0.3) is 0 Å². The van der Waals surface area contributed by atoms with Crippen LogP contribution in [0.3, 0.4) is 0 Å². The van der Waals surface area contributed by atoms with Crippen LogP contribution in [0.2, 0.25) is 0 Å². The first kappa shape index (κ1) is 14.0. The average Bonchev–Trinajstić information content (AvgIpc) is 2.30. The molecule has 0 aromatic heterocycles. The summed E-state index contributed by atoms with van der Waals surface area (Å²) in [6.07, 6.45) is 0.310. The molecule has 0 unspecified atom stereocenters. The first-order valence-corrected chi connectivity index (χ1v) is 6.30. The third kappa shape index (κ3) is 5.71. The van der Waals surface area contributed by atoms with Gasteiger partial charge >= 0.3 is 0 Å². The Morgan fingerprint density at radius 3 is 2.41 bits per heavy atom. The molecule has 3 heteroatoms. The summed E-state index contributed by atoms with van der Waals surface area (Å²) >= 11 is 0. The number of benzene rings is 1. The summed E-state index contributed by atoms with van der Waals surface area (Å²) in [4.78, 5) is 2.37. The van der Waals surface area contributed by atoms with Crippen molar-refractivity contribution in [3.63, 3.8) is 0 Å². The SMILES string of the molecule is CCN(CCOC(C)C)Cc1ccc(N)cc1. The zero-order chi connectivity index (χ0) is 12.7. The second-order valence-corrected chi connectivity index (χ2v) is 4.53. The maximum atomic E-state index is 5.67. The third-order valence-corrected chi connectivity index (χ3v) is 2.69. The summed E-state index contributed by atoms with van der Waals surface area (Å²) < 4.78 is 5.57. The Morgan fingerprint density at radius 2 is 1.88 bits per heavy atom. The van der Waals surface area contributed by atoms with E-state index in [0.29, 0.717) is 6.10 Å². The van der Waals surface area contributed by atoms with Crippen LogP contribution in [-0.4, -0.2) is 30.7 Å². The van der Waals surface area contributed by atoms with E-state index in [4.69, 9.17) is 10.5 Å². The van der Waals surface area contributed by atoms with Crippen molar-refractivity contribution in [1.29, 1.82) is 0 Å². The Morgan fingerprint density at radius 1 is 1.24 bits per heavy atom. The molecule has 0 heterocycles. The van der Waals surface area contributed by atoms with E-state index in [1.807, 2.05) is 12.1 Å².